The molecule has 0 atom stereocenters. The van der Waals surface area contributed by atoms with Crippen LogP contribution in [0.5, 0.6) is 0 Å². The van der Waals surface area contributed by atoms with Gasteiger partial charge in [0, 0.05) is 11.1 Å². The highest BCUT2D eigenvalue weighted by Gasteiger charge is 2.66. The minimum Gasteiger partial charge on any atom is -0.307 e. The first kappa shape index (κ1) is 35.8. The zero-order chi connectivity index (χ0) is 32.5. The first-order chi connectivity index (χ1) is 22.5. The molecule has 254 valence electrons. The summed E-state index contributed by atoms with van der Waals surface area (Å²) in [5, 5.41) is 12.3. The van der Waals surface area contributed by atoms with Crippen LogP contribution in [0.3, 0.4) is 0 Å². The van der Waals surface area contributed by atoms with Gasteiger partial charge >= 0.3 is 12.1 Å². The van der Waals surface area contributed by atoms with Gasteiger partial charge in [0.2, 0.25) is 0 Å². The van der Waals surface area contributed by atoms with Crippen molar-refractivity contribution in [3.05, 3.63) is 70.8 Å². The van der Waals surface area contributed by atoms with Gasteiger partial charge in [0.15, 0.2) is 11.3 Å². The van der Waals surface area contributed by atoms with E-state index >= 15 is 0 Å². The second-order valence-corrected chi connectivity index (χ2v) is 13.9. The number of carbonyl (C=O) groups is 2. The van der Waals surface area contributed by atoms with Crippen molar-refractivity contribution in [1.82, 2.24) is 21.3 Å². The van der Waals surface area contributed by atoms with Gasteiger partial charge in [-0.15, -0.1) is 0 Å². The summed E-state index contributed by atoms with van der Waals surface area (Å²) < 4.78 is 0. The molecule has 2 aromatic carbocycles. The first-order valence-electron chi connectivity index (χ1n) is 18.9. The predicted octanol–water partition coefficient (Wildman–Crippen LogP) is 10.2. The Morgan fingerprint density at radius 3 is 0.935 bits per heavy atom. The number of hydrogen-bond donors (Lipinski definition) is 4. The number of aryl methyl sites for hydroxylation is 2. The Labute approximate surface area is 279 Å². The molecule has 0 bridgehead atoms. The molecule has 0 aromatic heterocycles. The van der Waals surface area contributed by atoms with Gasteiger partial charge in [-0.1, -0.05) is 178 Å². The maximum Gasteiger partial charge on any atom is 0.319 e. The second-order valence-electron chi connectivity index (χ2n) is 13.9. The fourth-order valence-electron chi connectivity index (χ4n) is 7.38. The SMILES string of the molecule is CCCCCCCCCCCCc1ccc(C23NC(=O)NC2(c2ccc(CCCCCCCCCCCC)cc2)NC(=O)N3)cc1. The highest BCUT2D eigenvalue weighted by molar-refractivity contribution is 5.89. The number of amides is 4. The maximum absolute atomic E-state index is 12.9. The molecule has 0 aliphatic carbocycles. The molecule has 0 spiro atoms. The van der Waals surface area contributed by atoms with Crippen molar-refractivity contribution in [3.8, 4) is 0 Å². The van der Waals surface area contributed by atoms with E-state index in [0.29, 0.717) is 0 Å². The van der Waals surface area contributed by atoms with E-state index in [-0.39, 0.29) is 12.1 Å². The maximum atomic E-state index is 12.9. The van der Waals surface area contributed by atoms with Crippen LogP contribution in [-0.2, 0) is 24.2 Å². The number of urea groups is 2. The third kappa shape index (κ3) is 9.75. The monoisotopic (exact) mass is 630 g/mol. The summed E-state index contributed by atoms with van der Waals surface area (Å²) in [5.41, 5.74) is 2.05. The lowest BCUT2D eigenvalue weighted by molar-refractivity contribution is 0.208. The normalized spacial score (nSPS) is 20.2. The Hall–Kier alpha value is -3.02. The molecule has 2 saturated heterocycles. The predicted molar refractivity (Wildman–Crippen MR) is 191 cm³/mol. The van der Waals surface area contributed by atoms with Crippen LogP contribution in [0.15, 0.2) is 48.5 Å². The van der Waals surface area contributed by atoms with Crippen LogP contribution >= 0.6 is 0 Å². The molecule has 0 radical (unpaired) electrons. The molecule has 2 aliphatic heterocycles. The van der Waals surface area contributed by atoms with E-state index in [0.717, 1.165) is 24.0 Å². The summed E-state index contributed by atoms with van der Waals surface area (Å²) >= 11 is 0. The largest absolute Gasteiger partial charge is 0.319 e. The molecule has 6 nitrogen and oxygen atoms in total. The minimum atomic E-state index is -1.12. The molecule has 4 rings (SSSR count). The van der Waals surface area contributed by atoms with Crippen molar-refractivity contribution < 1.29 is 9.59 Å². The smallest absolute Gasteiger partial charge is 0.307 e. The number of unbranched alkanes of at least 4 members (excludes halogenated alkanes) is 18. The van der Waals surface area contributed by atoms with Gasteiger partial charge in [0.25, 0.3) is 0 Å². The van der Waals surface area contributed by atoms with E-state index in [1.807, 2.05) is 0 Å². The lowest BCUT2D eigenvalue weighted by Crippen LogP contribution is -2.60. The van der Waals surface area contributed by atoms with Crippen molar-refractivity contribution in [2.75, 3.05) is 0 Å². The molecule has 2 aliphatic rings. The van der Waals surface area contributed by atoms with Crippen LogP contribution in [0.25, 0.3) is 0 Å². The third-order valence-electron chi connectivity index (χ3n) is 10.2. The molecular weight excluding hydrogens is 568 g/mol. The third-order valence-corrected chi connectivity index (χ3v) is 10.2. The number of fused-ring (bicyclic) bond motifs is 1. The van der Waals surface area contributed by atoms with Crippen LogP contribution in [0.2, 0.25) is 0 Å². The zero-order valence-electron chi connectivity index (χ0n) is 29.0. The molecule has 2 heterocycles. The molecule has 46 heavy (non-hydrogen) atoms. The van der Waals surface area contributed by atoms with Crippen LogP contribution < -0.4 is 21.3 Å². The average Bonchev–Trinajstić information content (AvgIpc) is 3.50. The van der Waals surface area contributed by atoms with Crippen LogP contribution in [-0.4, -0.2) is 12.1 Å². The van der Waals surface area contributed by atoms with Gasteiger partial charge in [0.1, 0.15) is 0 Å². The van der Waals surface area contributed by atoms with Gasteiger partial charge in [-0.05, 0) is 36.8 Å². The summed E-state index contributed by atoms with van der Waals surface area (Å²) in [6.07, 6.45) is 28.7. The molecule has 4 amide bonds. The fourth-order valence-corrected chi connectivity index (χ4v) is 7.38. The molecule has 4 N–H and O–H groups in total. The van der Waals surface area contributed by atoms with E-state index in [2.05, 4.69) is 83.6 Å². The average molecular weight is 631 g/mol. The Balaban J connectivity index is 1.27. The van der Waals surface area contributed by atoms with Gasteiger partial charge in [-0.3, -0.25) is 0 Å². The molecule has 2 aromatic rings. The topological polar surface area (TPSA) is 82.3 Å². The van der Waals surface area contributed by atoms with Gasteiger partial charge in [-0.2, -0.15) is 0 Å². The Morgan fingerprint density at radius 2 is 0.652 bits per heavy atom. The summed E-state index contributed by atoms with van der Waals surface area (Å²) in [4.78, 5) is 25.7. The van der Waals surface area contributed by atoms with Gasteiger partial charge in [0.05, 0.1) is 0 Å². The first-order valence-corrected chi connectivity index (χ1v) is 18.9. The number of carbonyl (C=O) groups excluding carboxylic acids is 2. The van der Waals surface area contributed by atoms with E-state index in [9.17, 15) is 9.59 Å². The standard InChI is InChI=1S/C40H62N4O2/c1-3-5-7-9-11-13-15-17-19-21-23-33-25-29-35(30-26-33)39-40(43-37(45)41-39,44-38(46)42-39)36-31-27-34(28-32-36)24-22-20-18-16-14-12-10-8-6-4-2/h25-32H,3-24H2,1-2H3,(H2,41,43,45)(H2,42,44,46). The lowest BCUT2D eigenvalue weighted by atomic mass is 9.82. The Kier molecular flexibility index (Phi) is 14.8. The fraction of sp³-hybridized carbons (Fsp3) is 0.650. The van der Waals surface area contributed by atoms with Gasteiger partial charge < -0.3 is 21.3 Å². The summed E-state index contributed by atoms with van der Waals surface area (Å²) in [7, 11) is 0. The highest BCUT2D eigenvalue weighted by Crippen LogP contribution is 2.43. The Bertz CT molecular complexity index is 1070. The number of rotatable bonds is 24. The summed E-state index contributed by atoms with van der Waals surface area (Å²) in [6, 6.07) is 16.2. The van der Waals surface area contributed by atoms with Crippen LogP contribution in [0.4, 0.5) is 9.59 Å². The molecule has 0 unspecified atom stereocenters. The quantitative estimate of drug-likeness (QED) is 0.0871. The van der Waals surface area contributed by atoms with Gasteiger partial charge in [-0.25, -0.2) is 9.59 Å². The number of benzene rings is 2. The van der Waals surface area contributed by atoms with Crippen molar-refractivity contribution in [2.24, 2.45) is 0 Å². The van der Waals surface area contributed by atoms with Crippen molar-refractivity contribution in [2.45, 2.75) is 166 Å². The van der Waals surface area contributed by atoms with Crippen LogP contribution in [0, 0.1) is 0 Å². The van der Waals surface area contributed by atoms with Crippen molar-refractivity contribution in [1.29, 1.82) is 0 Å². The highest BCUT2D eigenvalue weighted by atomic mass is 16.2. The molecular formula is C40H62N4O2. The number of hydrogen-bond acceptors (Lipinski definition) is 2. The van der Waals surface area contributed by atoms with E-state index in [1.54, 1.807) is 0 Å². The van der Waals surface area contributed by atoms with Crippen molar-refractivity contribution in [3.63, 3.8) is 0 Å². The molecule has 6 heteroatoms. The van der Waals surface area contributed by atoms with E-state index in [1.165, 1.54) is 140 Å². The second kappa shape index (κ2) is 19.0. The Morgan fingerprint density at radius 1 is 0.391 bits per heavy atom. The minimum absolute atomic E-state index is 0.309. The van der Waals surface area contributed by atoms with Crippen LogP contribution in [0.1, 0.15) is 165 Å². The summed E-state index contributed by atoms with van der Waals surface area (Å²) in [6.45, 7) is 4.54. The van der Waals surface area contributed by atoms with E-state index in [4.69, 9.17) is 0 Å². The van der Waals surface area contributed by atoms with Crippen molar-refractivity contribution >= 4 is 12.1 Å². The molecule has 0 saturated carbocycles. The van der Waals surface area contributed by atoms with E-state index < -0.39 is 11.3 Å². The molecule has 2 fully saturated rings. The summed E-state index contributed by atoms with van der Waals surface area (Å²) in [5.74, 6) is 0. The number of nitrogens with one attached hydrogen (secondary N) is 4. The zero-order valence-corrected chi connectivity index (χ0v) is 29.0. The lowest BCUT2D eigenvalue weighted by Gasteiger charge is -2.37.